The van der Waals surface area contributed by atoms with E-state index in [0.29, 0.717) is 40.2 Å². The number of nitrogens with one attached hydrogen (secondary N) is 3. The third kappa shape index (κ3) is 3.69. The summed E-state index contributed by atoms with van der Waals surface area (Å²) in [5, 5.41) is 6.85. The van der Waals surface area contributed by atoms with Crippen LogP contribution in [0.5, 0.6) is 5.75 Å². The standard InChI is InChI=1S/C25H23ClN4O2/c1-32-24-18(26)6-3-7-20(24)30-23-21-19(11-13-28-25(21)31)29-22(23)17-10-12-27-14-16(17)9-8-15-4-2-5-15/h3,6-7,10,12,14-15,29-30H,2,4-5,11,13H2,1H3,(H,28,31). The largest absolute Gasteiger partial charge is 0.493 e. The van der Waals surface area contributed by atoms with Gasteiger partial charge in [-0.2, -0.15) is 0 Å². The van der Waals surface area contributed by atoms with Crippen molar-refractivity contribution in [2.75, 3.05) is 19.0 Å². The molecule has 1 aliphatic carbocycles. The molecule has 2 aliphatic rings. The monoisotopic (exact) mass is 446 g/mol. The molecule has 32 heavy (non-hydrogen) atoms. The number of rotatable bonds is 4. The van der Waals surface area contributed by atoms with Gasteiger partial charge in [-0.3, -0.25) is 9.78 Å². The first-order valence-corrected chi connectivity index (χ1v) is 11.1. The molecule has 162 valence electrons. The molecule has 3 heterocycles. The molecule has 0 bridgehead atoms. The van der Waals surface area contributed by atoms with E-state index in [4.69, 9.17) is 16.3 Å². The Hall–Kier alpha value is -3.43. The van der Waals surface area contributed by atoms with E-state index >= 15 is 0 Å². The highest BCUT2D eigenvalue weighted by atomic mass is 35.5. The Bertz CT molecular complexity index is 1250. The molecule has 0 saturated heterocycles. The van der Waals surface area contributed by atoms with Gasteiger partial charge in [-0.1, -0.05) is 35.9 Å². The number of ether oxygens (including phenoxy) is 1. The number of benzene rings is 1. The second-order valence-electron chi connectivity index (χ2n) is 8.00. The van der Waals surface area contributed by atoms with Gasteiger partial charge in [-0.05, 0) is 31.0 Å². The molecule has 0 radical (unpaired) electrons. The summed E-state index contributed by atoms with van der Waals surface area (Å²) in [5.74, 6) is 7.55. The maximum Gasteiger partial charge on any atom is 0.255 e. The van der Waals surface area contributed by atoms with Crippen molar-refractivity contribution in [2.45, 2.75) is 25.7 Å². The Kier molecular flexibility index (Phi) is 5.50. The Labute approximate surface area is 191 Å². The third-order valence-corrected chi connectivity index (χ3v) is 6.30. The number of fused-ring (bicyclic) bond motifs is 1. The normalized spacial score (nSPS) is 15.1. The van der Waals surface area contributed by atoms with Crippen LogP contribution < -0.4 is 15.4 Å². The van der Waals surface area contributed by atoms with Gasteiger partial charge in [0.05, 0.1) is 40.3 Å². The highest BCUT2D eigenvalue weighted by molar-refractivity contribution is 6.32. The minimum absolute atomic E-state index is 0.117. The number of amides is 1. The summed E-state index contributed by atoms with van der Waals surface area (Å²) >= 11 is 6.34. The van der Waals surface area contributed by atoms with Crippen LogP contribution in [0.15, 0.2) is 36.7 Å². The molecule has 2 aromatic heterocycles. The fourth-order valence-corrected chi connectivity index (χ4v) is 4.35. The van der Waals surface area contributed by atoms with Crippen molar-refractivity contribution < 1.29 is 9.53 Å². The van der Waals surface area contributed by atoms with Gasteiger partial charge in [0.15, 0.2) is 5.75 Å². The summed E-state index contributed by atoms with van der Waals surface area (Å²) in [7, 11) is 1.57. The van der Waals surface area contributed by atoms with Gasteiger partial charge in [-0.25, -0.2) is 0 Å². The van der Waals surface area contributed by atoms with Crippen LogP contribution in [0, 0.1) is 17.8 Å². The zero-order valence-corrected chi connectivity index (χ0v) is 18.5. The van der Waals surface area contributed by atoms with E-state index in [1.165, 1.54) is 6.42 Å². The number of nitrogens with zero attached hydrogens (tertiary/aromatic N) is 1. The van der Waals surface area contributed by atoms with Crippen LogP contribution in [-0.4, -0.2) is 29.5 Å². The molecule has 0 spiro atoms. The van der Waals surface area contributed by atoms with Gasteiger partial charge in [0.1, 0.15) is 0 Å². The quantitative estimate of drug-likeness (QED) is 0.497. The SMILES string of the molecule is COc1c(Cl)cccc1Nc1c(-c2ccncc2C#CC2CCC2)[nH]c2c1C(=O)NCC2. The number of aromatic amines is 1. The summed E-state index contributed by atoms with van der Waals surface area (Å²) in [6, 6.07) is 7.41. The second kappa shape index (κ2) is 8.60. The van der Waals surface area contributed by atoms with E-state index in [2.05, 4.69) is 32.4 Å². The molecular weight excluding hydrogens is 424 g/mol. The van der Waals surface area contributed by atoms with Crippen LogP contribution in [0.1, 0.15) is 40.9 Å². The predicted octanol–water partition coefficient (Wildman–Crippen LogP) is 4.92. The van der Waals surface area contributed by atoms with Crippen molar-refractivity contribution in [1.82, 2.24) is 15.3 Å². The van der Waals surface area contributed by atoms with Crippen LogP contribution in [-0.2, 0) is 6.42 Å². The smallest absolute Gasteiger partial charge is 0.255 e. The number of aromatic nitrogens is 2. The van der Waals surface area contributed by atoms with Crippen LogP contribution in [0.25, 0.3) is 11.3 Å². The summed E-state index contributed by atoms with van der Waals surface area (Å²) in [5.41, 5.74) is 5.38. The van der Waals surface area contributed by atoms with Crippen molar-refractivity contribution >= 4 is 28.9 Å². The van der Waals surface area contributed by atoms with Crippen LogP contribution in [0.4, 0.5) is 11.4 Å². The first-order valence-electron chi connectivity index (χ1n) is 10.7. The highest BCUT2D eigenvalue weighted by Crippen LogP contribution is 2.41. The molecule has 0 atom stereocenters. The summed E-state index contributed by atoms with van der Waals surface area (Å²) in [6.45, 7) is 0.594. The lowest BCUT2D eigenvalue weighted by Gasteiger charge is -2.18. The van der Waals surface area contributed by atoms with Crippen LogP contribution >= 0.6 is 11.6 Å². The fraction of sp³-hybridized carbons (Fsp3) is 0.280. The average molecular weight is 447 g/mol. The first-order chi connectivity index (χ1) is 15.7. The molecule has 1 fully saturated rings. The Balaban J connectivity index is 1.65. The van der Waals surface area contributed by atoms with E-state index in [1.807, 2.05) is 18.2 Å². The third-order valence-electron chi connectivity index (χ3n) is 6.00. The zero-order valence-electron chi connectivity index (χ0n) is 17.7. The Morgan fingerprint density at radius 3 is 2.94 bits per heavy atom. The maximum atomic E-state index is 12.8. The first kappa shape index (κ1) is 20.5. The molecule has 6 nitrogen and oxygen atoms in total. The lowest BCUT2D eigenvalue weighted by Crippen LogP contribution is -2.31. The number of carbonyl (C=O) groups is 1. The minimum Gasteiger partial charge on any atom is -0.493 e. The highest BCUT2D eigenvalue weighted by Gasteiger charge is 2.28. The maximum absolute atomic E-state index is 12.8. The number of hydrogen-bond acceptors (Lipinski definition) is 4. The number of H-pyrrole nitrogens is 1. The molecule has 5 rings (SSSR count). The molecule has 0 unspecified atom stereocenters. The van der Waals surface area contributed by atoms with Crippen molar-refractivity contribution in [3.63, 3.8) is 0 Å². The molecular formula is C25H23ClN4O2. The fourth-order valence-electron chi connectivity index (χ4n) is 4.10. The van der Waals surface area contributed by atoms with Gasteiger partial charge in [-0.15, -0.1) is 0 Å². The Morgan fingerprint density at radius 1 is 1.28 bits per heavy atom. The molecule has 1 saturated carbocycles. The number of carbonyl (C=O) groups excluding carboxylic acids is 1. The number of hydrogen-bond donors (Lipinski definition) is 3. The van der Waals surface area contributed by atoms with Gasteiger partial charge >= 0.3 is 0 Å². The van der Waals surface area contributed by atoms with Gasteiger partial charge in [0.25, 0.3) is 5.91 Å². The number of halogens is 1. The second-order valence-corrected chi connectivity index (χ2v) is 8.41. The van der Waals surface area contributed by atoms with Gasteiger partial charge in [0, 0.05) is 42.5 Å². The van der Waals surface area contributed by atoms with E-state index < -0.39 is 0 Å². The number of methoxy groups -OCH3 is 1. The van der Waals surface area contributed by atoms with Crippen molar-refractivity contribution in [3.05, 3.63) is 58.5 Å². The van der Waals surface area contributed by atoms with Crippen LogP contribution in [0.3, 0.4) is 0 Å². The van der Waals surface area contributed by atoms with Crippen molar-refractivity contribution in [1.29, 1.82) is 0 Å². The molecule has 3 aromatic rings. The van der Waals surface area contributed by atoms with E-state index in [0.717, 1.165) is 41.8 Å². The topological polar surface area (TPSA) is 79.0 Å². The average Bonchev–Trinajstić information content (AvgIpc) is 3.12. The summed E-state index contributed by atoms with van der Waals surface area (Å²) < 4.78 is 5.51. The molecule has 1 aromatic carbocycles. The van der Waals surface area contributed by atoms with Gasteiger partial charge < -0.3 is 20.4 Å². The van der Waals surface area contributed by atoms with Crippen molar-refractivity contribution in [2.24, 2.45) is 5.92 Å². The number of pyridine rings is 1. The van der Waals surface area contributed by atoms with Crippen molar-refractivity contribution in [3.8, 4) is 28.8 Å². The van der Waals surface area contributed by atoms with E-state index in [9.17, 15) is 4.79 Å². The lowest BCUT2D eigenvalue weighted by molar-refractivity contribution is 0.0947. The Morgan fingerprint density at radius 2 is 2.16 bits per heavy atom. The van der Waals surface area contributed by atoms with E-state index in [1.54, 1.807) is 25.6 Å². The predicted molar refractivity (Wildman–Crippen MR) is 126 cm³/mol. The minimum atomic E-state index is -0.117. The zero-order chi connectivity index (χ0) is 22.1. The van der Waals surface area contributed by atoms with Crippen LogP contribution in [0.2, 0.25) is 5.02 Å². The molecule has 1 amide bonds. The lowest BCUT2D eigenvalue weighted by atomic mass is 9.86. The molecule has 1 aliphatic heterocycles. The molecule has 3 N–H and O–H groups in total. The number of anilines is 2. The number of para-hydroxylation sites is 1. The summed E-state index contributed by atoms with van der Waals surface area (Å²) in [6.07, 6.45) is 7.80. The summed E-state index contributed by atoms with van der Waals surface area (Å²) in [4.78, 5) is 20.6. The van der Waals surface area contributed by atoms with E-state index in [-0.39, 0.29) is 5.91 Å². The molecule has 7 heteroatoms. The van der Waals surface area contributed by atoms with Gasteiger partial charge in [0.2, 0.25) is 0 Å².